The molecule has 4 aromatic rings. The minimum Gasteiger partial charge on any atom is -0.482 e. The summed E-state index contributed by atoms with van der Waals surface area (Å²) < 4.78 is 7.34. The van der Waals surface area contributed by atoms with Gasteiger partial charge in [-0.2, -0.15) is 5.10 Å². The van der Waals surface area contributed by atoms with Crippen molar-refractivity contribution in [1.29, 1.82) is 0 Å². The van der Waals surface area contributed by atoms with Gasteiger partial charge in [-0.15, -0.1) is 23.1 Å². The van der Waals surface area contributed by atoms with Gasteiger partial charge in [0.2, 0.25) is 4.80 Å². The van der Waals surface area contributed by atoms with Gasteiger partial charge in [0.25, 0.3) is 5.91 Å². The number of thioether (sulfide) groups is 1. The van der Waals surface area contributed by atoms with E-state index in [-0.39, 0.29) is 12.5 Å². The van der Waals surface area contributed by atoms with Crippen LogP contribution in [0.1, 0.15) is 11.1 Å². The molecule has 0 fully saturated rings. The van der Waals surface area contributed by atoms with Gasteiger partial charge in [0.15, 0.2) is 6.61 Å². The number of hydrogen-bond acceptors (Lipinski definition) is 6. The maximum atomic E-state index is 11.8. The number of amides is 1. The van der Waals surface area contributed by atoms with Gasteiger partial charge in [0, 0.05) is 15.8 Å². The van der Waals surface area contributed by atoms with Crippen LogP contribution in [-0.2, 0) is 4.79 Å². The summed E-state index contributed by atoms with van der Waals surface area (Å²) in [5.74, 6) is 0.497. The zero-order chi connectivity index (χ0) is 23.5. The van der Waals surface area contributed by atoms with Crippen LogP contribution in [0.5, 0.6) is 5.75 Å². The summed E-state index contributed by atoms with van der Waals surface area (Å²) in [6.07, 6.45) is 3.89. The molecule has 0 unspecified atom stereocenters. The van der Waals surface area contributed by atoms with Crippen LogP contribution in [0.2, 0.25) is 0 Å². The lowest BCUT2D eigenvalue weighted by Gasteiger charge is -2.18. The van der Waals surface area contributed by atoms with E-state index in [4.69, 9.17) is 14.8 Å². The number of benzene rings is 3. The van der Waals surface area contributed by atoms with E-state index in [1.807, 2.05) is 70.9 Å². The first-order valence-corrected chi connectivity index (χ1v) is 12.8. The highest BCUT2D eigenvalue weighted by Gasteiger charge is 2.17. The van der Waals surface area contributed by atoms with E-state index in [0.29, 0.717) is 11.4 Å². The fourth-order valence-corrected chi connectivity index (χ4v) is 4.74. The number of anilines is 1. The highest BCUT2D eigenvalue weighted by molar-refractivity contribution is 7.98. The third-order valence-electron chi connectivity index (χ3n) is 5.29. The number of nitrogens with zero attached hydrogens (tertiary/aromatic N) is 3. The smallest absolute Gasteiger partial charge is 0.262 e. The van der Waals surface area contributed by atoms with Crippen molar-refractivity contribution >= 4 is 46.6 Å². The third-order valence-corrected chi connectivity index (χ3v) is 6.85. The Morgan fingerprint density at radius 2 is 1.88 bits per heavy atom. The number of rotatable bonds is 5. The van der Waals surface area contributed by atoms with Crippen LogP contribution in [0, 0.1) is 6.92 Å². The van der Waals surface area contributed by atoms with Crippen molar-refractivity contribution in [2.75, 3.05) is 18.2 Å². The predicted octanol–water partition coefficient (Wildman–Crippen LogP) is 5.69. The van der Waals surface area contributed by atoms with E-state index >= 15 is 0 Å². The quantitative estimate of drug-likeness (QED) is 0.291. The van der Waals surface area contributed by atoms with Gasteiger partial charge in [0.05, 0.1) is 23.3 Å². The average molecular weight is 487 g/mol. The number of hydrogen-bond donors (Lipinski definition) is 1. The topological polar surface area (TPSA) is 68.0 Å². The van der Waals surface area contributed by atoms with Gasteiger partial charge in [-0.05, 0) is 61.2 Å². The summed E-state index contributed by atoms with van der Waals surface area (Å²) in [5, 5.41) is 9.69. The minimum atomic E-state index is -0.162. The van der Waals surface area contributed by atoms with Crippen LogP contribution in [0.15, 0.2) is 87.1 Å². The number of carbonyl (C=O) groups excluding carboxylic acids is 1. The maximum absolute atomic E-state index is 11.8. The molecule has 3 aromatic carbocycles. The summed E-state index contributed by atoms with van der Waals surface area (Å²) in [7, 11) is 0. The van der Waals surface area contributed by atoms with Crippen molar-refractivity contribution in [3.8, 4) is 17.0 Å². The number of carbonyl (C=O) groups is 1. The molecule has 1 aromatic heterocycles. The molecule has 5 rings (SSSR count). The van der Waals surface area contributed by atoms with Crippen LogP contribution >= 0.6 is 23.1 Å². The molecule has 0 saturated carbocycles. The second-order valence-electron chi connectivity index (χ2n) is 7.73. The van der Waals surface area contributed by atoms with Crippen LogP contribution in [-0.4, -0.2) is 29.7 Å². The summed E-state index contributed by atoms with van der Waals surface area (Å²) in [6, 6.07) is 22.1. The molecular weight excluding hydrogens is 464 g/mol. The maximum Gasteiger partial charge on any atom is 0.262 e. The summed E-state index contributed by atoms with van der Waals surface area (Å²) in [6.45, 7) is 2.09. The van der Waals surface area contributed by atoms with Crippen molar-refractivity contribution in [3.05, 3.63) is 88.0 Å². The Morgan fingerprint density at radius 1 is 1.09 bits per heavy atom. The van der Waals surface area contributed by atoms with Crippen molar-refractivity contribution in [1.82, 2.24) is 4.68 Å². The van der Waals surface area contributed by atoms with Gasteiger partial charge in [-0.1, -0.05) is 29.8 Å². The van der Waals surface area contributed by atoms with Crippen molar-refractivity contribution in [3.63, 3.8) is 0 Å². The molecule has 1 N–H and O–H groups in total. The molecule has 1 aliphatic heterocycles. The van der Waals surface area contributed by atoms with Crippen LogP contribution in [0.25, 0.3) is 11.3 Å². The lowest BCUT2D eigenvalue weighted by atomic mass is 10.1. The molecule has 2 heterocycles. The summed E-state index contributed by atoms with van der Waals surface area (Å²) in [4.78, 5) is 18.6. The zero-order valence-corrected chi connectivity index (χ0v) is 20.3. The van der Waals surface area contributed by atoms with Crippen LogP contribution < -0.4 is 14.9 Å². The third kappa shape index (κ3) is 4.83. The Labute approximate surface area is 205 Å². The largest absolute Gasteiger partial charge is 0.482 e. The second kappa shape index (κ2) is 9.70. The molecule has 6 nitrogen and oxygen atoms in total. The van der Waals surface area contributed by atoms with E-state index in [1.165, 1.54) is 21.8 Å². The molecule has 8 heteroatoms. The number of ether oxygens (including phenoxy) is 1. The zero-order valence-electron chi connectivity index (χ0n) is 18.7. The van der Waals surface area contributed by atoms with Gasteiger partial charge >= 0.3 is 0 Å². The van der Waals surface area contributed by atoms with Gasteiger partial charge < -0.3 is 10.1 Å². The molecule has 170 valence electrons. The van der Waals surface area contributed by atoms with E-state index in [2.05, 4.69) is 30.6 Å². The van der Waals surface area contributed by atoms with Crippen LogP contribution in [0.4, 0.5) is 11.4 Å². The normalized spacial score (nSPS) is 13.6. The summed E-state index contributed by atoms with van der Waals surface area (Å²) in [5.41, 5.74) is 5.47. The number of fused-ring (bicyclic) bond motifs is 1. The number of nitrogens with one attached hydrogen (secondary N) is 1. The fourth-order valence-electron chi connectivity index (χ4n) is 3.47. The Hall–Kier alpha value is -3.62. The molecule has 1 aliphatic rings. The molecule has 0 radical (unpaired) electrons. The number of aryl methyl sites for hydroxylation is 1. The molecule has 0 aliphatic carbocycles. The fraction of sp³-hybridized carbons (Fsp3) is 0.115. The van der Waals surface area contributed by atoms with E-state index in [0.717, 1.165) is 27.3 Å². The molecule has 0 atom stereocenters. The number of aromatic nitrogens is 1. The van der Waals surface area contributed by atoms with Crippen molar-refractivity contribution < 1.29 is 9.53 Å². The molecule has 0 saturated heterocycles. The Bertz CT molecular complexity index is 1440. The monoisotopic (exact) mass is 486 g/mol. The van der Waals surface area contributed by atoms with E-state index in [1.54, 1.807) is 11.8 Å². The molecule has 34 heavy (non-hydrogen) atoms. The van der Waals surface area contributed by atoms with Gasteiger partial charge in [-0.3, -0.25) is 4.79 Å². The van der Waals surface area contributed by atoms with E-state index in [9.17, 15) is 4.79 Å². The Balaban J connectivity index is 1.59. The highest BCUT2D eigenvalue weighted by Crippen LogP contribution is 2.33. The lowest BCUT2D eigenvalue weighted by molar-refractivity contribution is -0.118. The first kappa shape index (κ1) is 22.2. The average Bonchev–Trinajstić information content (AvgIpc) is 3.26. The first-order chi connectivity index (χ1) is 16.6. The van der Waals surface area contributed by atoms with Gasteiger partial charge in [0.1, 0.15) is 5.75 Å². The molecule has 0 spiro atoms. The predicted molar refractivity (Wildman–Crippen MR) is 139 cm³/mol. The Kier molecular flexibility index (Phi) is 6.33. The van der Waals surface area contributed by atoms with Crippen LogP contribution in [0.3, 0.4) is 0 Å². The molecular formula is C26H22N4O2S2. The van der Waals surface area contributed by atoms with Crippen molar-refractivity contribution in [2.24, 2.45) is 10.1 Å². The standard InChI is InChI=1S/C26H22N4O2S2/c1-17-3-8-20(9-4-17)28-26-30(27-14-18-5-10-21(33-2)11-6-18)23(16-34-26)19-7-12-24-22(13-19)29-25(31)15-32-24/h3-14,16H,15H2,1-2H3,(H,29,31). The van der Waals surface area contributed by atoms with Crippen molar-refractivity contribution in [2.45, 2.75) is 11.8 Å². The number of thiazole rings is 1. The molecule has 1 amide bonds. The summed E-state index contributed by atoms with van der Waals surface area (Å²) >= 11 is 3.22. The second-order valence-corrected chi connectivity index (χ2v) is 9.44. The minimum absolute atomic E-state index is 0.0317. The Morgan fingerprint density at radius 3 is 2.65 bits per heavy atom. The molecule has 0 bridgehead atoms. The highest BCUT2D eigenvalue weighted by atomic mass is 32.2. The lowest BCUT2D eigenvalue weighted by Crippen LogP contribution is -2.25. The SMILES string of the molecule is CSc1ccc(C=Nn2c(-c3ccc4c(c3)NC(=O)CO4)csc2=Nc2ccc(C)cc2)cc1. The van der Waals surface area contributed by atoms with Gasteiger partial charge in [-0.25, -0.2) is 9.67 Å². The first-order valence-electron chi connectivity index (χ1n) is 10.7. The van der Waals surface area contributed by atoms with E-state index < -0.39 is 0 Å².